The second-order valence-electron chi connectivity index (χ2n) is 13.3. The summed E-state index contributed by atoms with van der Waals surface area (Å²) in [5, 5.41) is 10.1. The Morgan fingerprint density at radius 3 is 1.22 bits per heavy atom. The molecule has 0 unspecified atom stereocenters. The molecule has 0 amide bonds. The summed E-state index contributed by atoms with van der Waals surface area (Å²) in [4.78, 5) is 17.3. The summed E-state index contributed by atoms with van der Waals surface area (Å²) in [6.07, 6.45) is 1.40. The summed E-state index contributed by atoms with van der Waals surface area (Å²) >= 11 is 7.06. The van der Waals surface area contributed by atoms with Gasteiger partial charge in [0.15, 0.2) is 0 Å². The highest BCUT2D eigenvalue weighted by Crippen LogP contribution is 2.21. The fourth-order valence-electron chi connectivity index (χ4n) is 6.49. The Hall–Kier alpha value is -4.37. The van der Waals surface area contributed by atoms with E-state index in [9.17, 15) is 9.90 Å². The van der Waals surface area contributed by atoms with Crippen molar-refractivity contribution in [2.45, 2.75) is 51.1 Å². The minimum Gasteiger partial charge on any atom is -0.468 e. The number of aliphatic hydroxyl groups is 1. The van der Waals surface area contributed by atoms with Crippen molar-refractivity contribution in [2.75, 3.05) is 13.7 Å². The van der Waals surface area contributed by atoms with Crippen molar-refractivity contribution in [3.05, 3.63) is 212 Å². The van der Waals surface area contributed by atoms with Gasteiger partial charge in [-0.1, -0.05) is 177 Å². The number of rotatable bonds is 16. The molecule has 0 aliphatic rings. The fourth-order valence-corrected chi connectivity index (χ4v) is 7.39. The van der Waals surface area contributed by atoms with Gasteiger partial charge in [0.25, 0.3) is 0 Å². The summed E-state index contributed by atoms with van der Waals surface area (Å²) in [7, 11) is 1.46. The first-order valence-corrected chi connectivity index (χ1v) is 19.8. The molecule has 0 heterocycles. The highest BCUT2D eigenvalue weighted by molar-refractivity contribution is 9.10. The third-order valence-electron chi connectivity index (χ3n) is 9.23. The third kappa shape index (κ3) is 13.5. The zero-order chi connectivity index (χ0) is 38.0. The van der Waals surface area contributed by atoms with Gasteiger partial charge >= 0.3 is 5.97 Å². The summed E-state index contributed by atoms with van der Waals surface area (Å²) in [6.45, 7) is 3.10. The lowest BCUT2D eigenvalue weighted by Crippen LogP contribution is -2.42. The zero-order valence-corrected chi connectivity index (χ0v) is 33.9. The van der Waals surface area contributed by atoms with Crippen LogP contribution in [-0.2, 0) is 48.6 Å². The molecule has 278 valence electrons. The van der Waals surface area contributed by atoms with Crippen molar-refractivity contribution in [1.82, 2.24) is 9.80 Å². The maximum atomic E-state index is 12.7. The van der Waals surface area contributed by atoms with Crippen molar-refractivity contribution in [1.29, 1.82) is 0 Å². The lowest BCUT2D eigenvalue weighted by molar-refractivity contribution is -0.147. The zero-order valence-electron chi connectivity index (χ0n) is 30.7. The van der Waals surface area contributed by atoms with E-state index in [1.807, 2.05) is 78.9 Å². The number of nitrogens with zero attached hydrogens (tertiary/aromatic N) is 2. The van der Waals surface area contributed by atoms with Gasteiger partial charge in [-0.2, -0.15) is 0 Å². The van der Waals surface area contributed by atoms with E-state index in [-0.39, 0.29) is 24.7 Å². The number of methoxy groups -OCH3 is 1. The molecule has 1 N–H and O–H groups in total. The SMILES string of the molecule is COC(=O)[C@H](Cc1cccc(Br)c1)N(Cc1ccccc1)Cc1ccccc1.OC[C@@H](Cc1cccc(Br)c1)N(Cc1ccccc1)Cc1ccccc1. The van der Waals surface area contributed by atoms with Crippen LogP contribution < -0.4 is 0 Å². The molecular formula is C47H48Br2N2O3. The first-order chi connectivity index (χ1) is 26.4. The van der Waals surface area contributed by atoms with Crippen LogP contribution in [0.15, 0.2) is 179 Å². The smallest absolute Gasteiger partial charge is 0.323 e. The van der Waals surface area contributed by atoms with E-state index < -0.39 is 0 Å². The summed E-state index contributed by atoms with van der Waals surface area (Å²) in [5.41, 5.74) is 7.18. The maximum absolute atomic E-state index is 12.7. The van der Waals surface area contributed by atoms with Crippen molar-refractivity contribution in [3.8, 4) is 0 Å². The molecule has 7 heteroatoms. The molecule has 0 aliphatic carbocycles. The molecule has 5 nitrogen and oxygen atoms in total. The number of esters is 1. The van der Waals surface area contributed by atoms with Gasteiger partial charge in [0.2, 0.25) is 0 Å². The average Bonchev–Trinajstić information content (AvgIpc) is 3.20. The molecule has 54 heavy (non-hydrogen) atoms. The van der Waals surface area contributed by atoms with Gasteiger partial charge in [-0.15, -0.1) is 0 Å². The van der Waals surface area contributed by atoms with Crippen molar-refractivity contribution in [3.63, 3.8) is 0 Å². The monoisotopic (exact) mass is 846 g/mol. The molecule has 0 saturated carbocycles. The van der Waals surface area contributed by atoms with Crippen LogP contribution in [0.2, 0.25) is 0 Å². The number of halogens is 2. The highest BCUT2D eigenvalue weighted by Gasteiger charge is 2.28. The number of hydrogen-bond acceptors (Lipinski definition) is 5. The molecule has 0 fully saturated rings. The Morgan fingerprint density at radius 2 is 0.870 bits per heavy atom. The van der Waals surface area contributed by atoms with Crippen LogP contribution in [0.1, 0.15) is 33.4 Å². The summed E-state index contributed by atoms with van der Waals surface area (Å²) in [5.74, 6) is -0.216. The molecule has 0 saturated heterocycles. The summed E-state index contributed by atoms with van der Waals surface area (Å²) < 4.78 is 7.26. The van der Waals surface area contributed by atoms with E-state index in [1.54, 1.807) is 0 Å². The van der Waals surface area contributed by atoms with E-state index in [0.717, 1.165) is 34.0 Å². The van der Waals surface area contributed by atoms with E-state index >= 15 is 0 Å². The van der Waals surface area contributed by atoms with Crippen LogP contribution in [-0.4, -0.2) is 46.7 Å². The van der Waals surface area contributed by atoms with Crippen molar-refractivity contribution < 1.29 is 14.6 Å². The highest BCUT2D eigenvalue weighted by atomic mass is 79.9. The van der Waals surface area contributed by atoms with Gasteiger partial charge in [0.05, 0.1) is 13.7 Å². The molecule has 0 spiro atoms. The first kappa shape index (κ1) is 40.8. The number of hydrogen-bond donors (Lipinski definition) is 1. The Kier molecular flexibility index (Phi) is 16.7. The standard InChI is InChI=1S/C24H24BrNO2.C23H24BrNO/c1-28-24(27)23(16-21-13-8-14-22(25)15-21)26(17-19-9-4-2-5-10-19)18-20-11-6-3-7-12-20;24-22-13-7-12-21(14-22)15-23(18-26)25(16-19-8-3-1-4-9-19)17-20-10-5-2-6-11-20/h2-15,23H,16-18H2,1H3;1-14,23,26H,15-18H2/t2*23-/m01/s1. The van der Waals surface area contributed by atoms with Gasteiger partial charge in [-0.05, 0) is 70.5 Å². The van der Waals surface area contributed by atoms with Gasteiger partial charge in [0, 0.05) is 41.2 Å². The van der Waals surface area contributed by atoms with E-state index in [2.05, 4.69) is 133 Å². The molecule has 0 radical (unpaired) electrons. The molecule has 6 aromatic carbocycles. The lowest BCUT2D eigenvalue weighted by atomic mass is 10.0. The molecule has 6 aromatic rings. The third-order valence-corrected chi connectivity index (χ3v) is 10.2. The molecular weight excluding hydrogens is 800 g/mol. The van der Waals surface area contributed by atoms with E-state index in [1.165, 1.54) is 34.9 Å². The van der Waals surface area contributed by atoms with Gasteiger partial charge < -0.3 is 9.84 Å². The van der Waals surface area contributed by atoms with Crippen LogP contribution in [0.5, 0.6) is 0 Å². The minimum atomic E-state index is -0.375. The van der Waals surface area contributed by atoms with Crippen LogP contribution in [0.3, 0.4) is 0 Å². The molecule has 0 bridgehead atoms. The second-order valence-corrected chi connectivity index (χ2v) is 15.1. The Labute approximate surface area is 337 Å². The number of aliphatic hydroxyl groups excluding tert-OH is 1. The minimum absolute atomic E-state index is 0.0599. The quantitative estimate of drug-likeness (QED) is 0.0984. The summed E-state index contributed by atoms with van der Waals surface area (Å²) in [6, 6.07) is 57.5. The topological polar surface area (TPSA) is 53.0 Å². The van der Waals surface area contributed by atoms with Gasteiger partial charge in [-0.3, -0.25) is 14.6 Å². The molecule has 0 aliphatic heterocycles. The number of ether oxygens (including phenoxy) is 1. The number of carbonyl (C=O) groups excluding carboxylic acids is 1. The van der Waals surface area contributed by atoms with E-state index in [0.29, 0.717) is 19.5 Å². The second kappa shape index (κ2) is 22.1. The van der Waals surface area contributed by atoms with Gasteiger partial charge in [-0.25, -0.2) is 0 Å². The largest absolute Gasteiger partial charge is 0.468 e. The lowest BCUT2D eigenvalue weighted by Gasteiger charge is -2.31. The normalized spacial score (nSPS) is 12.1. The van der Waals surface area contributed by atoms with Crippen LogP contribution >= 0.6 is 31.9 Å². The van der Waals surface area contributed by atoms with Crippen molar-refractivity contribution in [2.24, 2.45) is 0 Å². The van der Waals surface area contributed by atoms with Crippen LogP contribution in [0, 0.1) is 0 Å². The Balaban J connectivity index is 0.000000208. The molecule has 6 rings (SSSR count). The van der Waals surface area contributed by atoms with E-state index in [4.69, 9.17) is 4.74 Å². The van der Waals surface area contributed by atoms with Crippen LogP contribution in [0.4, 0.5) is 0 Å². The average molecular weight is 849 g/mol. The maximum Gasteiger partial charge on any atom is 0.323 e. The number of carbonyl (C=O) groups is 1. The predicted octanol–water partition coefficient (Wildman–Crippen LogP) is 10.3. The predicted molar refractivity (Wildman–Crippen MR) is 227 cm³/mol. The Bertz CT molecular complexity index is 1880. The first-order valence-electron chi connectivity index (χ1n) is 18.2. The Morgan fingerprint density at radius 1 is 0.519 bits per heavy atom. The molecule has 2 atom stereocenters. The van der Waals surface area contributed by atoms with Crippen molar-refractivity contribution >= 4 is 37.8 Å². The molecule has 0 aromatic heterocycles. The van der Waals surface area contributed by atoms with Gasteiger partial charge in [0.1, 0.15) is 6.04 Å². The van der Waals surface area contributed by atoms with Crippen LogP contribution in [0.25, 0.3) is 0 Å². The fraction of sp³-hybridized carbons (Fsp3) is 0.213. The number of benzene rings is 6.